The second kappa shape index (κ2) is 8.42. The molecule has 0 saturated carbocycles. The zero-order valence-electron chi connectivity index (χ0n) is 17.0. The summed E-state index contributed by atoms with van der Waals surface area (Å²) in [4.78, 5) is 16.4. The molecule has 1 heterocycles. The van der Waals surface area contributed by atoms with Gasteiger partial charge in [0.05, 0.1) is 6.07 Å². The van der Waals surface area contributed by atoms with Crippen LogP contribution in [0.15, 0.2) is 30.6 Å². The van der Waals surface area contributed by atoms with E-state index in [0.29, 0.717) is 36.3 Å². The summed E-state index contributed by atoms with van der Waals surface area (Å²) in [7, 11) is 0. The van der Waals surface area contributed by atoms with Crippen LogP contribution in [0.25, 0.3) is 0 Å². The van der Waals surface area contributed by atoms with Gasteiger partial charge in [0.2, 0.25) is 0 Å². The van der Waals surface area contributed by atoms with Crippen LogP contribution in [0.1, 0.15) is 52.4 Å². The third kappa shape index (κ3) is 6.08. The third-order valence-electron chi connectivity index (χ3n) is 3.94. The number of halogens is 1. The standard InChI is InChI=1S/C21H27FN4O2/c1-20(2,3)28-19(27)26-12-11-24-18(26)8-6-7-15-9-10-16(13-17(15)22)25-21(4,5)14-23/h9-13,25H,6-8H2,1-5H3. The van der Waals surface area contributed by atoms with Crippen LogP contribution in [0.3, 0.4) is 0 Å². The Labute approximate surface area is 165 Å². The van der Waals surface area contributed by atoms with Crippen molar-refractivity contribution < 1.29 is 13.9 Å². The number of hydrogen-bond acceptors (Lipinski definition) is 5. The Hall–Kier alpha value is -2.88. The molecule has 28 heavy (non-hydrogen) atoms. The second-order valence-electron chi connectivity index (χ2n) is 8.22. The summed E-state index contributed by atoms with van der Waals surface area (Å²) in [5, 5.41) is 12.0. The van der Waals surface area contributed by atoms with E-state index in [-0.39, 0.29) is 5.82 Å². The summed E-state index contributed by atoms with van der Waals surface area (Å²) in [5.41, 5.74) is -0.214. The molecule has 0 aliphatic carbocycles. The maximum atomic E-state index is 14.4. The molecule has 0 spiro atoms. The fraction of sp³-hybridized carbons (Fsp3) is 0.476. The Morgan fingerprint density at radius 2 is 2.00 bits per heavy atom. The van der Waals surface area contributed by atoms with Crippen molar-refractivity contribution >= 4 is 11.8 Å². The molecule has 2 rings (SSSR count). The number of rotatable bonds is 6. The predicted octanol–water partition coefficient (Wildman–Crippen LogP) is 4.69. The van der Waals surface area contributed by atoms with Crippen molar-refractivity contribution in [3.8, 4) is 6.07 Å². The number of aryl methyl sites for hydroxylation is 2. The van der Waals surface area contributed by atoms with E-state index in [1.807, 2.05) is 0 Å². The van der Waals surface area contributed by atoms with Gasteiger partial charge in [0, 0.05) is 24.5 Å². The minimum absolute atomic E-state index is 0.325. The number of nitrogens with one attached hydrogen (secondary N) is 1. The number of imidazole rings is 1. The maximum Gasteiger partial charge on any atom is 0.419 e. The number of nitrogens with zero attached hydrogens (tertiary/aromatic N) is 3. The van der Waals surface area contributed by atoms with E-state index in [1.165, 1.54) is 10.6 Å². The van der Waals surface area contributed by atoms with E-state index >= 15 is 0 Å². The lowest BCUT2D eigenvalue weighted by atomic mass is 10.0. The number of anilines is 1. The van der Waals surface area contributed by atoms with Crippen molar-refractivity contribution in [2.24, 2.45) is 0 Å². The average Bonchev–Trinajstić information content (AvgIpc) is 3.03. The van der Waals surface area contributed by atoms with Gasteiger partial charge in [-0.3, -0.25) is 0 Å². The molecule has 7 heteroatoms. The van der Waals surface area contributed by atoms with E-state index in [1.54, 1.807) is 59.1 Å². The molecule has 1 aromatic heterocycles. The molecule has 0 radical (unpaired) electrons. The van der Waals surface area contributed by atoms with Crippen LogP contribution in [0.5, 0.6) is 0 Å². The molecule has 0 aliphatic rings. The summed E-state index contributed by atoms with van der Waals surface area (Å²) in [6.07, 6.45) is 4.32. The Bertz CT molecular complexity index is 875. The number of hydrogen-bond donors (Lipinski definition) is 1. The highest BCUT2D eigenvalue weighted by Gasteiger charge is 2.20. The summed E-state index contributed by atoms with van der Waals surface area (Å²) in [5.74, 6) is 0.262. The van der Waals surface area contributed by atoms with Crippen molar-refractivity contribution in [3.05, 3.63) is 47.8 Å². The van der Waals surface area contributed by atoms with Gasteiger partial charge in [0.15, 0.2) is 0 Å². The average molecular weight is 386 g/mol. The van der Waals surface area contributed by atoms with Crippen LogP contribution in [-0.2, 0) is 17.6 Å². The molecule has 6 nitrogen and oxygen atoms in total. The molecule has 0 saturated heterocycles. The van der Waals surface area contributed by atoms with E-state index in [0.717, 1.165) is 0 Å². The van der Waals surface area contributed by atoms with E-state index in [4.69, 9.17) is 10.00 Å². The number of carbonyl (C=O) groups excluding carboxylic acids is 1. The van der Waals surface area contributed by atoms with Gasteiger partial charge >= 0.3 is 6.09 Å². The molecule has 2 aromatic rings. The lowest BCUT2D eigenvalue weighted by molar-refractivity contribution is 0.0531. The predicted molar refractivity (Wildman–Crippen MR) is 106 cm³/mol. The van der Waals surface area contributed by atoms with E-state index in [9.17, 15) is 9.18 Å². The molecular weight excluding hydrogens is 359 g/mol. The summed E-state index contributed by atoms with van der Waals surface area (Å²) in [6.45, 7) is 8.87. The van der Waals surface area contributed by atoms with Gasteiger partial charge in [-0.05, 0) is 65.2 Å². The number of benzene rings is 1. The topological polar surface area (TPSA) is 79.9 Å². The van der Waals surface area contributed by atoms with Crippen molar-refractivity contribution in [1.29, 1.82) is 5.26 Å². The summed E-state index contributed by atoms with van der Waals surface area (Å²) < 4.78 is 21.1. The van der Waals surface area contributed by atoms with Gasteiger partial charge in [0.25, 0.3) is 0 Å². The molecule has 0 amide bonds. The first-order chi connectivity index (χ1) is 13.0. The minimum Gasteiger partial charge on any atom is -0.443 e. The molecule has 1 N–H and O–H groups in total. The Balaban J connectivity index is 1.97. The Morgan fingerprint density at radius 1 is 1.29 bits per heavy atom. The number of ether oxygens (including phenoxy) is 1. The summed E-state index contributed by atoms with van der Waals surface area (Å²) in [6, 6.07) is 7.00. The third-order valence-corrected chi connectivity index (χ3v) is 3.94. The molecule has 1 aromatic carbocycles. The monoisotopic (exact) mass is 386 g/mol. The van der Waals surface area contributed by atoms with Gasteiger partial charge in [-0.15, -0.1) is 0 Å². The van der Waals surface area contributed by atoms with Crippen LogP contribution >= 0.6 is 0 Å². The maximum absolute atomic E-state index is 14.4. The highest BCUT2D eigenvalue weighted by atomic mass is 19.1. The van der Waals surface area contributed by atoms with Gasteiger partial charge in [-0.2, -0.15) is 5.26 Å². The lowest BCUT2D eigenvalue weighted by Crippen LogP contribution is -2.28. The quantitative estimate of drug-likeness (QED) is 0.779. The molecule has 0 fully saturated rings. The highest BCUT2D eigenvalue weighted by Crippen LogP contribution is 2.20. The first-order valence-corrected chi connectivity index (χ1v) is 9.24. The zero-order chi connectivity index (χ0) is 20.9. The van der Waals surface area contributed by atoms with Crippen LogP contribution < -0.4 is 5.32 Å². The van der Waals surface area contributed by atoms with Gasteiger partial charge in [-0.1, -0.05) is 6.07 Å². The fourth-order valence-corrected chi connectivity index (χ4v) is 2.65. The van der Waals surface area contributed by atoms with E-state index in [2.05, 4.69) is 16.4 Å². The first kappa shape index (κ1) is 21.4. The number of nitriles is 1. The molecule has 0 unspecified atom stereocenters. The smallest absolute Gasteiger partial charge is 0.419 e. The highest BCUT2D eigenvalue weighted by molar-refractivity contribution is 5.71. The van der Waals surface area contributed by atoms with Crippen LogP contribution in [0.4, 0.5) is 14.9 Å². The second-order valence-corrected chi connectivity index (χ2v) is 8.22. The fourth-order valence-electron chi connectivity index (χ4n) is 2.65. The van der Waals surface area contributed by atoms with Crippen LogP contribution in [0, 0.1) is 17.1 Å². The molecule has 0 bridgehead atoms. The van der Waals surface area contributed by atoms with Crippen LogP contribution in [0.2, 0.25) is 0 Å². The molecular formula is C21H27FN4O2. The van der Waals surface area contributed by atoms with Gasteiger partial charge in [0.1, 0.15) is 22.8 Å². The SMILES string of the molecule is CC(C)(C#N)Nc1ccc(CCCc2nccn2C(=O)OC(C)(C)C)c(F)c1. The minimum atomic E-state index is -0.771. The first-order valence-electron chi connectivity index (χ1n) is 9.24. The van der Waals surface area contributed by atoms with Crippen molar-refractivity contribution in [2.75, 3.05) is 5.32 Å². The molecule has 0 atom stereocenters. The molecule has 0 aliphatic heterocycles. The van der Waals surface area contributed by atoms with Gasteiger partial charge < -0.3 is 10.1 Å². The number of aromatic nitrogens is 2. The normalized spacial score (nSPS) is 11.8. The Kier molecular flexibility index (Phi) is 6.45. The van der Waals surface area contributed by atoms with Crippen molar-refractivity contribution in [2.45, 2.75) is 65.0 Å². The zero-order valence-corrected chi connectivity index (χ0v) is 17.0. The van der Waals surface area contributed by atoms with Crippen molar-refractivity contribution in [1.82, 2.24) is 9.55 Å². The summed E-state index contributed by atoms with van der Waals surface area (Å²) >= 11 is 0. The lowest BCUT2D eigenvalue weighted by Gasteiger charge is -2.20. The van der Waals surface area contributed by atoms with Gasteiger partial charge in [-0.25, -0.2) is 18.7 Å². The van der Waals surface area contributed by atoms with Crippen LogP contribution in [-0.4, -0.2) is 26.8 Å². The Morgan fingerprint density at radius 3 is 2.61 bits per heavy atom. The van der Waals surface area contributed by atoms with E-state index < -0.39 is 17.2 Å². The molecule has 150 valence electrons. The van der Waals surface area contributed by atoms with Crippen molar-refractivity contribution in [3.63, 3.8) is 0 Å². The largest absolute Gasteiger partial charge is 0.443 e. The number of carbonyl (C=O) groups is 1.